The molecule has 0 fully saturated rings. The molecule has 2 aromatic carbocycles. The van der Waals surface area contributed by atoms with Crippen LogP contribution in [-0.2, 0) is 20.7 Å². The Kier molecular flexibility index (Phi) is 9.23. The summed E-state index contributed by atoms with van der Waals surface area (Å²) in [6.45, 7) is 6.16. The van der Waals surface area contributed by atoms with E-state index in [1.54, 1.807) is 0 Å². The fraction of sp³-hybridized carbons (Fsp3) is 0.385. The predicted octanol–water partition coefficient (Wildman–Crippen LogP) is 4.69. The van der Waals surface area contributed by atoms with Crippen LogP contribution in [0.2, 0.25) is 0 Å². The molecule has 0 saturated carbocycles. The van der Waals surface area contributed by atoms with Gasteiger partial charge in [-0.2, -0.15) is 4.98 Å². The van der Waals surface area contributed by atoms with Crippen molar-refractivity contribution < 1.29 is 28.3 Å². The Morgan fingerprint density at radius 3 is 2.40 bits per heavy atom. The third kappa shape index (κ3) is 7.56. The standard InChI is InChI=1S/C26H31N3O6/c1-18(2)17-34-26(31)29(16-24(30)32-4)19(3)20-10-12-22(13-11-20)33-15-14-23-27-25(35-28-23)21-8-6-5-7-9-21/h5-13,18-19H,14-17H2,1-4H3. The van der Waals surface area contributed by atoms with Gasteiger partial charge in [0.25, 0.3) is 5.89 Å². The Hall–Kier alpha value is -3.88. The fourth-order valence-corrected chi connectivity index (χ4v) is 3.22. The SMILES string of the molecule is COC(=O)CN(C(=O)OCC(C)C)C(C)c1ccc(OCCc2noc(-c3ccccc3)n2)cc1. The lowest BCUT2D eigenvalue weighted by atomic mass is 10.1. The lowest BCUT2D eigenvalue weighted by molar-refractivity contribution is -0.142. The first-order chi connectivity index (χ1) is 16.9. The molecule has 0 radical (unpaired) electrons. The van der Waals surface area contributed by atoms with Crippen molar-refractivity contribution in [2.24, 2.45) is 5.92 Å². The highest BCUT2D eigenvalue weighted by atomic mass is 16.6. The van der Waals surface area contributed by atoms with Gasteiger partial charge in [-0.3, -0.25) is 9.69 Å². The van der Waals surface area contributed by atoms with E-state index in [9.17, 15) is 9.59 Å². The maximum absolute atomic E-state index is 12.6. The van der Waals surface area contributed by atoms with Crippen molar-refractivity contribution in [3.63, 3.8) is 0 Å². The topological polar surface area (TPSA) is 104 Å². The van der Waals surface area contributed by atoms with E-state index in [0.29, 0.717) is 30.5 Å². The van der Waals surface area contributed by atoms with Crippen LogP contribution in [0.3, 0.4) is 0 Å². The minimum Gasteiger partial charge on any atom is -0.493 e. The lowest BCUT2D eigenvalue weighted by Gasteiger charge is -2.28. The number of hydrogen-bond donors (Lipinski definition) is 0. The van der Waals surface area contributed by atoms with Crippen LogP contribution >= 0.6 is 0 Å². The number of amides is 1. The Bertz CT molecular complexity index is 1080. The zero-order valence-corrected chi connectivity index (χ0v) is 20.5. The van der Waals surface area contributed by atoms with Gasteiger partial charge in [-0.25, -0.2) is 4.79 Å². The van der Waals surface area contributed by atoms with Crippen LogP contribution in [0.1, 0.15) is 38.2 Å². The van der Waals surface area contributed by atoms with E-state index >= 15 is 0 Å². The average Bonchev–Trinajstić information content (AvgIpc) is 3.35. The molecule has 0 bridgehead atoms. The van der Waals surface area contributed by atoms with Crippen molar-refractivity contribution in [1.82, 2.24) is 15.0 Å². The molecule has 0 saturated heterocycles. The summed E-state index contributed by atoms with van der Waals surface area (Å²) in [6.07, 6.45) is -0.0739. The van der Waals surface area contributed by atoms with Gasteiger partial charge in [0.1, 0.15) is 12.3 Å². The second kappa shape index (κ2) is 12.5. The summed E-state index contributed by atoms with van der Waals surface area (Å²) < 4.78 is 21.2. The highest BCUT2D eigenvalue weighted by Crippen LogP contribution is 2.24. The molecule has 0 aliphatic heterocycles. The minimum absolute atomic E-state index is 0.183. The Balaban J connectivity index is 1.56. The van der Waals surface area contributed by atoms with Crippen molar-refractivity contribution in [1.29, 1.82) is 0 Å². The number of aromatic nitrogens is 2. The number of methoxy groups -OCH3 is 1. The number of carbonyl (C=O) groups is 2. The maximum Gasteiger partial charge on any atom is 0.410 e. The first-order valence-corrected chi connectivity index (χ1v) is 11.5. The summed E-state index contributed by atoms with van der Waals surface area (Å²) in [7, 11) is 1.29. The van der Waals surface area contributed by atoms with Gasteiger partial charge in [0.2, 0.25) is 0 Å². The number of rotatable bonds is 11. The summed E-state index contributed by atoms with van der Waals surface area (Å²) in [6, 6.07) is 16.5. The molecular formula is C26H31N3O6. The molecule has 1 unspecified atom stereocenters. The molecule has 1 amide bonds. The molecule has 35 heavy (non-hydrogen) atoms. The van der Waals surface area contributed by atoms with Crippen LogP contribution in [0.4, 0.5) is 4.79 Å². The number of nitrogens with zero attached hydrogens (tertiary/aromatic N) is 3. The minimum atomic E-state index is -0.563. The molecule has 1 aromatic heterocycles. The van der Waals surface area contributed by atoms with Gasteiger partial charge < -0.3 is 18.7 Å². The monoisotopic (exact) mass is 481 g/mol. The van der Waals surface area contributed by atoms with E-state index in [-0.39, 0.29) is 19.1 Å². The largest absolute Gasteiger partial charge is 0.493 e. The van der Waals surface area contributed by atoms with E-state index in [2.05, 4.69) is 10.1 Å². The van der Waals surface area contributed by atoms with E-state index in [1.807, 2.05) is 75.4 Å². The third-order valence-electron chi connectivity index (χ3n) is 5.22. The molecule has 3 aromatic rings. The molecule has 3 rings (SSSR count). The van der Waals surface area contributed by atoms with E-state index in [0.717, 1.165) is 11.1 Å². The van der Waals surface area contributed by atoms with Gasteiger partial charge in [-0.15, -0.1) is 0 Å². The van der Waals surface area contributed by atoms with Crippen LogP contribution in [0, 0.1) is 5.92 Å². The summed E-state index contributed by atoms with van der Waals surface area (Å²) in [5.41, 5.74) is 1.69. The molecule has 0 aliphatic rings. The van der Waals surface area contributed by atoms with Crippen LogP contribution in [0.15, 0.2) is 59.1 Å². The Labute approximate surface area is 205 Å². The van der Waals surface area contributed by atoms with Crippen LogP contribution in [0.5, 0.6) is 5.75 Å². The zero-order chi connectivity index (χ0) is 25.2. The summed E-state index contributed by atoms with van der Waals surface area (Å²) in [5, 5.41) is 4.00. The van der Waals surface area contributed by atoms with E-state index in [4.69, 9.17) is 18.7 Å². The predicted molar refractivity (Wildman–Crippen MR) is 129 cm³/mol. The van der Waals surface area contributed by atoms with Crippen LogP contribution < -0.4 is 4.74 Å². The number of benzene rings is 2. The molecule has 9 heteroatoms. The van der Waals surface area contributed by atoms with Gasteiger partial charge in [-0.1, -0.05) is 49.3 Å². The molecule has 186 valence electrons. The zero-order valence-electron chi connectivity index (χ0n) is 20.5. The average molecular weight is 482 g/mol. The Morgan fingerprint density at radius 2 is 1.74 bits per heavy atom. The quantitative estimate of drug-likeness (QED) is 0.364. The highest BCUT2D eigenvalue weighted by molar-refractivity contribution is 5.78. The van der Waals surface area contributed by atoms with Crippen LogP contribution in [0.25, 0.3) is 11.5 Å². The molecule has 0 aliphatic carbocycles. The fourth-order valence-electron chi connectivity index (χ4n) is 3.22. The first-order valence-electron chi connectivity index (χ1n) is 11.5. The molecular weight excluding hydrogens is 450 g/mol. The number of carbonyl (C=O) groups excluding carboxylic acids is 2. The first kappa shape index (κ1) is 25.7. The highest BCUT2D eigenvalue weighted by Gasteiger charge is 2.26. The van der Waals surface area contributed by atoms with Crippen LogP contribution in [-0.4, -0.2) is 54.0 Å². The molecule has 1 atom stereocenters. The second-order valence-corrected chi connectivity index (χ2v) is 8.40. The van der Waals surface area contributed by atoms with E-state index < -0.39 is 18.1 Å². The molecule has 1 heterocycles. The van der Waals surface area contributed by atoms with Crippen molar-refractivity contribution >= 4 is 12.1 Å². The number of ether oxygens (including phenoxy) is 3. The lowest BCUT2D eigenvalue weighted by Crippen LogP contribution is -2.39. The summed E-state index contributed by atoms with van der Waals surface area (Å²) in [5.74, 6) is 1.36. The van der Waals surface area contributed by atoms with Gasteiger partial charge in [0, 0.05) is 12.0 Å². The summed E-state index contributed by atoms with van der Waals surface area (Å²) in [4.78, 5) is 30.2. The molecule has 0 spiro atoms. The van der Waals surface area contributed by atoms with Gasteiger partial charge in [0.05, 0.1) is 26.4 Å². The van der Waals surface area contributed by atoms with Gasteiger partial charge >= 0.3 is 12.1 Å². The van der Waals surface area contributed by atoms with Crippen molar-refractivity contribution in [2.45, 2.75) is 33.2 Å². The van der Waals surface area contributed by atoms with Gasteiger partial charge in [0.15, 0.2) is 5.82 Å². The smallest absolute Gasteiger partial charge is 0.410 e. The normalized spacial score (nSPS) is 11.7. The summed E-state index contributed by atoms with van der Waals surface area (Å²) >= 11 is 0. The van der Waals surface area contributed by atoms with E-state index in [1.165, 1.54) is 12.0 Å². The van der Waals surface area contributed by atoms with Crippen molar-refractivity contribution in [3.8, 4) is 17.2 Å². The maximum atomic E-state index is 12.6. The third-order valence-corrected chi connectivity index (χ3v) is 5.22. The number of hydrogen-bond acceptors (Lipinski definition) is 8. The Morgan fingerprint density at radius 1 is 1.03 bits per heavy atom. The second-order valence-electron chi connectivity index (χ2n) is 8.40. The number of esters is 1. The van der Waals surface area contributed by atoms with Crippen molar-refractivity contribution in [2.75, 3.05) is 26.9 Å². The molecule has 9 nitrogen and oxygen atoms in total. The van der Waals surface area contributed by atoms with Crippen molar-refractivity contribution in [3.05, 3.63) is 66.0 Å². The van der Waals surface area contributed by atoms with Gasteiger partial charge in [-0.05, 0) is 42.7 Å². The molecule has 0 N–H and O–H groups in total.